The second-order valence-electron chi connectivity index (χ2n) is 6.25. The molecule has 0 atom stereocenters. The van der Waals surface area contributed by atoms with Crippen LogP contribution in [0.5, 0.6) is 0 Å². The molecule has 0 aliphatic rings. The Labute approximate surface area is 147 Å². The van der Waals surface area contributed by atoms with Crippen molar-refractivity contribution in [1.29, 1.82) is 0 Å². The summed E-state index contributed by atoms with van der Waals surface area (Å²) in [5.74, 6) is 0.107. The van der Waals surface area contributed by atoms with Crippen LogP contribution in [0.1, 0.15) is 35.8 Å². The number of aromatic nitrogens is 1. The fourth-order valence-corrected chi connectivity index (χ4v) is 2.54. The maximum absolute atomic E-state index is 12.5. The van der Waals surface area contributed by atoms with Gasteiger partial charge in [0.25, 0.3) is 5.91 Å². The number of pyridine rings is 1. The van der Waals surface area contributed by atoms with Crippen LogP contribution in [0.3, 0.4) is 0 Å². The lowest BCUT2D eigenvalue weighted by Crippen LogP contribution is -2.15. The summed E-state index contributed by atoms with van der Waals surface area (Å²) in [5, 5.41) is 2.86. The van der Waals surface area contributed by atoms with Gasteiger partial charge in [-0.15, -0.1) is 0 Å². The first kappa shape index (κ1) is 16.7. The molecule has 1 amide bonds. The molecule has 2 aromatic carbocycles. The molecule has 0 fully saturated rings. The van der Waals surface area contributed by atoms with E-state index in [1.807, 2.05) is 48.5 Å². The first-order chi connectivity index (χ1) is 12.0. The van der Waals surface area contributed by atoms with Gasteiger partial charge in [0.2, 0.25) is 0 Å². The normalized spacial score (nSPS) is 10.7. The summed E-state index contributed by atoms with van der Waals surface area (Å²) >= 11 is 0. The Bertz CT molecular complexity index is 871. The highest BCUT2D eigenvalue weighted by molar-refractivity contribution is 6.04. The molecule has 3 aromatic rings. The molecule has 0 aliphatic carbocycles. The summed E-state index contributed by atoms with van der Waals surface area (Å²) in [6, 6.07) is 19.2. The highest BCUT2D eigenvalue weighted by Gasteiger charge is 2.11. The summed E-state index contributed by atoms with van der Waals surface area (Å²) in [5.41, 5.74) is 10.7. The summed E-state index contributed by atoms with van der Waals surface area (Å²) < 4.78 is 0. The minimum atomic E-state index is -0.271. The monoisotopic (exact) mass is 331 g/mol. The van der Waals surface area contributed by atoms with Crippen LogP contribution in [0.25, 0.3) is 11.1 Å². The van der Waals surface area contributed by atoms with Crippen LogP contribution >= 0.6 is 0 Å². The number of carbonyl (C=O) groups excluding carboxylic acids is 1. The Morgan fingerprint density at radius 3 is 2.40 bits per heavy atom. The highest BCUT2D eigenvalue weighted by atomic mass is 16.1. The average molecular weight is 331 g/mol. The third kappa shape index (κ3) is 3.86. The fraction of sp³-hybridized carbons (Fsp3) is 0.143. The van der Waals surface area contributed by atoms with Crippen LogP contribution < -0.4 is 11.1 Å². The second kappa shape index (κ2) is 7.18. The van der Waals surface area contributed by atoms with E-state index in [0.717, 1.165) is 16.7 Å². The second-order valence-corrected chi connectivity index (χ2v) is 6.25. The molecule has 0 unspecified atom stereocenters. The van der Waals surface area contributed by atoms with E-state index in [4.69, 9.17) is 5.73 Å². The Hall–Kier alpha value is -3.14. The van der Waals surface area contributed by atoms with E-state index in [1.54, 1.807) is 18.3 Å². The first-order valence-electron chi connectivity index (χ1n) is 8.27. The average Bonchev–Trinajstić information content (AvgIpc) is 2.64. The van der Waals surface area contributed by atoms with Gasteiger partial charge in [-0.2, -0.15) is 0 Å². The maximum atomic E-state index is 12.5. The lowest BCUT2D eigenvalue weighted by atomic mass is 10.0. The van der Waals surface area contributed by atoms with Crippen LogP contribution in [0.4, 0.5) is 11.4 Å². The van der Waals surface area contributed by atoms with Crippen molar-refractivity contribution in [3.8, 4) is 11.1 Å². The lowest BCUT2D eigenvalue weighted by molar-refractivity contribution is 0.102. The molecule has 126 valence electrons. The third-order valence-electron chi connectivity index (χ3n) is 4.09. The number of benzene rings is 2. The number of anilines is 2. The number of amides is 1. The minimum absolute atomic E-state index is 0.271. The van der Waals surface area contributed by atoms with Gasteiger partial charge in [-0.1, -0.05) is 56.3 Å². The van der Waals surface area contributed by atoms with Crippen molar-refractivity contribution in [3.63, 3.8) is 0 Å². The molecule has 0 bridgehead atoms. The molecule has 25 heavy (non-hydrogen) atoms. The molecule has 0 saturated heterocycles. The molecule has 0 radical (unpaired) electrons. The van der Waals surface area contributed by atoms with Gasteiger partial charge in [-0.25, -0.2) is 0 Å². The van der Waals surface area contributed by atoms with Gasteiger partial charge in [-0.05, 0) is 40.8 Å². The standard InChI is InChI=1S/C21H21N3O/c1-14(2)17-9-11-19(23-13-17)21(25)24-20-12-16(8-10-18(20)22)15-6-4-3-5-7-15/h3-14H,22H2,1-2H3,(H,24,25). The number of carbonyl (C=O) groups is 1. The van der Waals surface area contributed by atoms with Crippen LogP contribution in [-0.4, -0.2) is 10.9 Å². The van der Waals surface area contributed by atoms with Crippen molar-refractivity contribution in [1.82, 2.24) is 4.98 Å². The van der Waals surface area contributed by atoms with Crippen molar-refractivity contribution in [2.24, 2.45) is 0 Å². The van der Waals surface area contributed by atoms with E-state index in [-0.39, 0.29) is 5.91 Å². The highest BCUT2D eigenvalue weighted by Crippen LogP contribution is 2.27. The number of rotatable bonds is 4. The number of nitrogen functional groups attached to an aromatic ring is 1. The van der Waals surface area contributed by atoms with E-state index >= 15 is 0 Å². The SMILES string of the molecule is CC(C)c1ccc(C(=O)Nc2cc(-c3ccccc3)ccc2N)nc1. The molecule has 0 aliphatic heterocycles. The number of nitrogens with one attached hydrogen (secondary N) is 1. The lowest BCUT2D eigenvalue weighted by Gasteiger charge is -2.11. The van der Waals surface area contributed by atoms with Gasteiger partial charge in [0.15, 0.2) is 0 Å². The van der Waals surface area contributed by atoms with Crippen molar-refractivity contribution in [2.45, 2.75) is 19.8 Å². The topological polar surface area (TPSA) is 68.0 Å². The smallest absolute Gasteiger partial charge is 0.274 e. The predicted octanol–water partition coefficient (Wildman–Crippen LogP) is 4.71. The van der Waals surface area contributed by atoms with Crippen LogP contribution in [0, 0.1) is 0 Å². The van der Waals surface area contributed by atoms with Gasteiger partial charge in [0, 0.05) is 6.20 Å². The van der Waals surface area contributed by atoms with Gasteiger partial charge in [0.05, 0.1) is 11.4 Å². The van der Waals surface area contributed by atoms with Gasteiger partial charge in [-0.3, -0.25) is 9.78 Å². The summed E-state index contributed by atoms with van der Waals surface area (Å²) in [4.78, 5) is 16.7. The van der Waals surface area contributed by atoms with Crippen LogP contribution in [-0.2, 0) is 0 Å². The van der Waals surface area contributed by atoms with E-state index in [2.05, 4.69) is 24.1 Å². The Balaban J connectivity index is 1.83. The van der Waals surface area contributed by atoms with E-state index in [9.17, 15) is 4.79 Å². The molecule has 1 aromatic heterocycles. The molecule has 4 heteroatoms. The van der Waals surface area contributed by atoms with E-state index in [0.29, 0.717) is 23.0 Å². The van der Waals surface area contributed by atoms with Crippen molar-refractivity contribution in [3.05, 3.63) is 78.1 Å². The number of nitrogens with two attached hydrogens (primary N) is 1. The maximum Gasteiger partial charge on any atom is 0.274 e. The summed E-state index contributed by atoms with van der Waals surface area (Å²) in [6.45, 7) is 4.18. The minimum Gasteiger partial charge on any atom is -0.397 e. The molecule has 0 saturated carbocycles. The van der Waals surface area contributed by atoms with E-state index < -0.39 is 0 Å². The van der Waals surface area contributed by atoms with Gasteiger partial charge < -0.3 is 11.1 Å². The molecule has 3 N–H and O–H groups in total. The van der Waals surface area contributed by atoms with Crippen molar-refractivity contribution in [2.75, 3.05) is 11.1 Å². The molecule has 0 spiro atoms. The Morgan fingerprint density at radius 1 is 1.00 bits per heavy atom. The van der Waals surface area contributed by atoms with Gasteiger partial charge >= 0.3 is 0 Å². The zero-order chi connectivity index (χ0) is 17.8. The Kier molecular flexibility index (Phi) is 4.80. The third-order valence-corrected chi connectivity index (χ3v) is 4.09. The predicted molar refractivity (Wildman–Crippen MR) is 103 cm³/mol. The number of hydrogen-bond donors (Lipinski definition) is 2. The zero-order valence-corrected chi connectivity index (χ0v) is 14.4. The molecule has 3 rings (SSSR count). The number of hydrogen-bond acceptors (Lipinski definition) is 3. The van der Waals surface area contributed by atoms with Crippen LogP contribution in [0.2, 0.25) is 0 Å². The molecular formula is C21H21N3O. The van der Waals surface area contributed by atoms with Crippen molar-refractivity contribution >= 4 is 17.3 Å². The fourth-order valence-electron chi connectivity index (χ4n) is 2.54. The van der Waals surface area contributed by atoms with E-state index in [1.165, 1.54) is 0 Å². The Morgan fingerprint density at radius 2 is 1.76 bits per heavy atom. The molecular weight excluding hydrogens is 310 g/mol. The molecule has 1 heterocycles. The zero-order valence-electron chi connectivity index (χ0n) is 14.4. The quantitative estimate of drug-likeness (QED) is 0.681. The summed E-state index contributed by atoms with van der Waals surface area (Å²) in [6.07, 6.45) is 1.74. The van der Waals surface area contributed by atoms with Crippen LogP contribution in [0.15, 0.2) is 66.9 Å². The number of nitrogens with zero attached hydrogens (tertiary/aromatic N) is 1. The largest absolute Gasteiger partial charge is 0.397 e. The molecule has 4 nitrogen and oxygen atoms in total. The summed E-state index contributed by atoms with van der Waals surface area (Å²) in [7, 11) is 0. The first-order valence-corrected chi connectivity index (χ1v) is 8.27. The van der Waals surface area contributed by atoms with Crippen molar-refractivity contribution < 1.29 is 4.79 Å². The van der Waals surface area contributed by atoms with Gasteiger partial charge in [0.1, 0.15) is 5.69 Å².